The largest absolute Gasteiger partial charge is 0.0776 e. The van der Waals surface area contributed by atoms with Gasteiger partial charge in [-0.1, -0.05) is 448 Å². The molecule has 0 aliphatic heterocycles. The van der Waals surface area contributed by atoms with Crippen molar-refractivity contribution in [3.05, 3.63) is 95.1 Å². The van der Waals surface area contributed by atoms with Gasteiger partial charge in [-0.25, -0.2) is 0 Å². The van der Waals surface area contributed by atoms with Crippen LogP contribution in [0, 0.1) is 84.9 Å². The molecule has 0 N–H and O–H groups in total. The first kappa shape index (κ1) is 108. The number of hydrogen-bond acceptors (Lipinski definition) is 0. The topological polar surface area (TPSA) is 0 Å². The van der Waals surface area contributed by atoms with Gasteiger partial charge in [0.25, 0.3) is 0 Å². The van der Waals surface area contributed by atoms with Gasteiger partial charge in [0.15, 0.2) is 0 Å². The van der Waals surface area contributed by atoms with Gasteiger partial charge in [0.1, 0.15) is 0 Å². The van der Waals surface area contributed by atoms with Crippen LogP contribution in [0.1, 0.15) is 424 Å². The maximum atomic E-state index is 2.51. The molecule has 0 bridgehead atoms. The molecule has 0 nitrogen and oxygen atoms in total. The van der Waals surface area contributed by atoms with Crippen molar-refractivity contribution in [2.75, 3.05) is 0 Å². The normalized spacial score (nSPS) is 23.9. The number of hydrogen-bond donors (Lipinski definition) is 0. The number of rotatable bonds is 10. The summed E-state index contributed by atoms with van der Waals surface area (Å²) in [7, 11) is 0. The van der Waals surface area contributed by atoms with Gasteiger partial charge in [0.2, 0.25) is 0 Å². The molecule has 6 fully saturated rings. The van der Waals surface area contributed by atoms with Gasteiger partial charge in [0.05, 0.1) is 0 Å². The van der Waals surface area contributed by atoms with Crippen LogP contribution in [0.5, 0.6) is 0 Å². The van der Waals surface area contributed by atoms with E-state index in [2.05, 4.69) is 170 Å². The molecule has 6 aliphatic rings. The van der Waals surface area contributed by atoms with Crippen LogP contribution in [-0.2, 0) is 12.8 Å². The molecule has 94 heavy (non-hydrogen) atoms. The molecule has 12 atom stereocenters. The molecular weight excluding hydrogens is 1130 g/mol. The molecule has 12 unspecified atom stereocenters. The summed E-state index contributed by atoms with van der Waals surface area (Å²) < 4.78 is 0. The highest BCUT2D eigenvalue weighted by Gasteiger charge is 2.33. The van der Waals surface area contributed by atoms with E-state index in [4.69, 9.17) is 0 Å². The third kappa shape index (κ3) is 51.8. The fourth-order valence-corrected chi connectivity index (χ4v) is 15.1. The SMILES string of the molecule is C.CC.CC.CC.CC.CC.CC.CC.CC.CC.CC1CCCCC1C1CCCCC1C.CCC1CCC(C)C1.CCC1CCCC(C)C1.CCC1CCCCC1CC.CCCC1CCCCC1C.CCc1ccccc1CC.Cc1ccccc1-c1ccccc1C. The Morgan fingerprint density at radius 3 is 0.883 bits per heavy atom. The van der Waals surface area contributed by atoms with Crippen LogP contribution in [0.4, 0.5) is 0 Å². The Hall–Kier alpha value is -2.34. The van der Waals surface area contributed by atoms with E-state index in [1.165, 1.54) is 220 Å². The predicted molar refractivity (Wildman–Crippen MR) is 448 cm³/mol. The molecule has 6 aliphatic carbocycles. The van der Waals surface area contributed by atoms with Gasteiger partial charge in [0, 0.05) is 0 Å². The molecule has 6 saturated carbocycles. The molecule has 0 heterocycles. The number of benzene rings is 3. The second-order valence-corrected chi connectivity index (χ2v) is 26.1. The van der Waals surface area contributed by atoms with Crippen LogP contribution in [0.3, 0.4) is 0 Å². The van der Waals surface area contributed by atoms with Crippen molar-refractivity contribution in [3.8, 4) is 11.1 Å². The maximum absolute atomic E-state index is 2.51. The first-order chi connectivity index (χ1) is 45.3. The lowest BCUT2D eigenvalue weighted by molar-refractivity contribution is 0.0974. The third-order valence-electron chi connectivity index (χ3n) is 20.4. The van der Waals surface area contributed by atoms with Crippen LogP contribution >= 0.6 is 0 Å². The summed E-state index contributed by atoms with van der Waals surface area (Å²) in [5, 5.41) is 0. The summed E-state index contributed by atoms with van der Waals surface area (Å²) in [5.41, 5.74) is 8.33. The molecule has 0 radical (unpaired) electrons. The molecule has 0 amide bonds. The summed E-state index contributed by atoms with van der Waals surface area (Å²) in [4.78, 5) is 0. The van der Waals surface area contributed by atoms with Crippen LogP contribution < -0.4 is 0 Å². The summed E-state index contributed by atoms with van der Waals surface area (Å²) in [6.07, 6.45) is 45.4. The standard InChI is InChI=1S/C14H26.C14H14.2C10H20.C10H14.C9H18.C8H16.9C2H6.CH4/c2*1-11-7-3-5-9-13(11)14-10-6-4-8-12(14)2;1-3-6-10-8-5-4-7-9(10)2;2*1-3-9-7-5-6-8-10(9)4-2;1-3-9-6-4-5-8(2)7-9;1-3-8-5-4-7(2)6-8;9*1-2;/h11-14H,3-10H2,1-2H3;3-10H,1-2H3;2*9-10H,3-8H2,1-2H3;5-8H,3-4H2,1-2H3;8-9H,3-7H2,1-2H3;7-8H,3-6H2,1-2H3;9*1-2H3;1H4. The Morgan fingerprint density at radius 1 is 0.298 bits per heavy atom. The van der Waals surface area contributed by atoms with E-state index in [1.807, 2.05) is 125 Å². The number of aryl methyl sites for hydroxylation is 4. The van der Waals surface area contributed by atoms with E-state index in [-0.39, 0.29) is 7.43 Å². The summed E-state index contributed by atoms with van der Waals surface area (Å²) in [6, 6.07) is 25.6. The monoisotopic (exact) mass is 1320 g/mol. The Balaban J connectivity index is -0.000000147. The van der Waals surface area contributed by atoms with Gasteiger partial charge in [-0.05, 0) is 157 Å². The smallest absolute Gasteiger partial charge is 0.0152 e. The van der Waals surface area contributed by atoms with E-state index in [0.29, 0.717) is 0 Å². The highest BCUT2D eigenvalue weighted by molar-refractivity contribution is 5.70. The highest BCUT2D eigenvalue weighted by Crippen LogP contribution is 2.44. The van der Waals surface area contributed by atoms with Crippen LogP contribution in [0.15, 0.2) is 72.8 Å². The second-order valence-electron chi connectivity index (χ2n) is 26.1. The Kier molecular flexibility index (Phi) is 93.1. The van der Waals surface area contributed by atoms with Crippen LogP contribution in [-0.4, -0.2) is 0 Å². The lowest BCUT2D eigenvalue weighted by atomic mass is 9.65. The van der Waals surface area contributed by atoms with Gasteiger partial charge in [-0.15, -0.1) is 0 Å². The average molecular weight is 1320 g/mol. The van der Waals surface area contributed by atoms with E-state index in [9.17, 15) is 0 Å². The summed E-state index contributed by atoms with van der Waals surface area (Å²) >= 11 is 0. The lowest BCUT2D eigenvalue weighted by Gasteiger charge is -2.41. The van der Waals surface area contributed by atoms with Crippen molar-refractivity contribution >= 4 is 0 Å². The van der Waals surface area contributed by atoms with Crippen molar-refractivity contribution in [3.63, 3.8) is 0 Å². The quantitative estimate of drug-likeness (QED) is 0.190. The van der Waals surface area contributed by atoms with Crippen molar-refractivity contribution in [2.45, 2.75) is 428 Å². The Morgan fingerprint density at radius 2 is 0.606 bits per heavy atom. The Labute approximate surface area is 601 Å². The molecule has 0 spiro atoms. The van der Waals surface area contributed by atoms with Crippen molar-refractivity contribution < 1.29 is 0 Å². The van der Waals surface area contributed by atoms with Crippen LogP contribution in [0.25, 0.3) is 11.1 Å². The van der Waals surface area contributed by atoms with E-state index >= 15 is 0 Å². The molecule has 0 saturated heterocycles. The first-order valence-electron chi connectivity index (χ1n) is 42.5. The molecular formula is C94H186. The minimum atomic E-state index is 0. The van der Waals surface area contributed by atoms with Crippen molar-refractivity contribution in [1.29, 1.82) is 0 Å². The molecule has 9 rings (SSSR count). The minimum absolute atomic E-state index is 0. The van der Waals surface area contributed by atoms with Gasteiger partial charge < -0.3 is 0 Å². The highest BCUT2D eigenvalue weighted by atomic mass is 14.4. The van der Waals surface area contributed by atoms with Crippen LogP contribution in [0.2, 0.25) is 0 Å². The zero-order chi connectivity index (χ0) is 72.8. The molecule has 0 aromatic heterocycles. The summed E-state index contributed by atoms with van der Waals surface area (Å²) in [6.45, 7) is 68.5. The first-order valence-corrected chi connectivity index (χ1v) is 42.5. The zero-order valence-electron chi connectivity index (χ0n) is 70.8. The molecule has 3 aromatic rings. The predicted octanol–water partition coefficient (Wildman–Crippen LogP) is 34.6. The minimum Gasteiger partial charge on any atom is -0.0776 e. The third-order valence-corrected chi connectivity index (χ3v) is 20.4. The fraction of sp³-hybridized carbons (Fsp3) is 0.809. The van der Waals surface area contributed by atoms with E-state index < -0.39 is 0 Å². The Bertz CT molecular complexity index is 1710. The van der Waals surface area contributed by atoms with Crippen molar-refractivity contribution in [1.82, 2.24) is 0 Å². The van der Waals surface area contributed by atoms with E-state index in [1.54, 1.807) is 0 Å². The van der Waals surface area contributed by atoms with Gasteiger partial charge >= 0.3 is 0 Å². The van der Waals surface area contributed by atoms with Gasteiger partial charge in [-0.2, -0.15) is 0 Å². The zero-order valence-corrected chi connectivity index (χ0v) is 70.8. The average Bonchev–Trinajstić information content (AvgIpc) is 1.05. The second kappa shape index (κ2) is 81.3. The molecule has 3 aromatic carbocycles. The van der Waals surface area contributed by atoms with E-state index in [0.717, 1.165) is 83.9 Å². The summed E-state index contributed by atoms with van der Waals surface area (Å²) in [5.74, 6) is 12.6. The van der Waals surface area contributed by atoms with Crippen molar-refractivity contribution in [2.24, 2.45) is 71.0 Å². The fourth-order valence-electron chi connectivity index (χ4n) is 15.1. The molecule has 562 valence electrons. The maximum Gasteiger partial charge on any atom is -0.0152 e. The lowest BCUT2D eigenvalue weighted by Crippen LogP contribution is -2.31. The van der Waals surface area contributed by atoms with Gasteiger partial charge in [-0.3, -0.25) is 0 Å². The molecule has 0 heteroatoms.